The molecular weight excluding hydrogens is 440 g/mol. The molecule has 1 N–H and O–H groups in total. The zero-order valence-electron chi connectivity index (χ0n) is 18.4. The van der Waals surface area contributed by atoms with Crippen LogP contribution in [-0.4, -0.2) is 25.8 Å². The summed E-state index contributed by atoms with van der Waals surface area (Å²) in [7, 11) is -4.07. The van der Waals surface area contributed by atoms with Crippen LogP contribution >= 0.6 is 0 Å². The summed E-state index contributed by atoms with van der Waals surface area (Å²) >= 11 is 0. The molecule has 1 aliphatic carbocycles. The summed E-state index contributed by atoms with van der Waals surface area (Å²) in [6.45, 7) is 1.81. The van der Waals surface area contributed by atoms with E-state index in [2.05, 4.69) is 5.16 Å². The minimum Gasteiger partial charge on any atom is -0.441 e. The third-order valence-electron chi connectivity index (χ3n) is 5.55. The van der Waals surface area contributed by atoms with Crippen LogP contribution in [0.4, 0.5) is 4.79 Å². The van der Waals surface area contributed by atoms with Gasteiger partial charge in [-0.05, 0) is 56.4 Å². The van der Waals surface area contributed by atoms with Gasteiger partial charge in [0.15, 0.2) is 0 Å². The molecule has 0 saturated carbocycles. The Balaban J connectivity index is 1.49. The van der Waals surface area contributed by atoms with Gasteiger partial charge >= 0.3 is 6.09 Å². The van der Waals surface area contributed by atoms with E-state index < -0.39 is 22.2 Å². The topological polar surface area (TPSA) is 98.5 Å². The molecule has 0 saturated heterocycles. The Morgan fingerprint density at radius 3 is 2.55 bits per heavy atom. The Hall–Kier alpha value is -3.39. The second-order valence-corrected chi connectivity index (χ2v) is 9.65. The largest absolute Gasteiger partial charge is 0.441 e. The van der Waals surface area contributed by atoms with Crippen LogP contribution in [0.2, 0.25) is 0 Å². The van der Waals surface area contributed by atoms with Gasteiger partial charge in [0.25, 0.3) is 10.0 Å². The van der Waals surface area contributed by atoms with Gasteiger partial charge < -0.3 is 9.26 Å². The lowest BCUT2D eigenvalue weighted by Gasteiger charge is -2.16. The van der Waals surface area contributed by atoms with Crippen molar-refractivity contribution in [3.05, 3.63) is 72.5 Å². The predicted octanol–water partition coefficient (Wildman–Crippen LogP) is 5.62. The van der Waals surface area contributed by atoms with E-state index in [0.717, 1.165) is 42.4 Å². The van der Waals surface area contributed by atoms with Crippen molar-refractivity contribution in [3.8, 4) is 22.4 Å². The van der Waals surface area contributed by atoms with Crippen LogP contribution in [0.5, 0.6) is 0 Å². The molecule has 0 bridgehead atoms. The van der Waals surface area contributed by atoms with E-state index in [4.69, 9.17) is 9.26 Å². The summed E-state index contributed by atoms with van der Waals surface area (Å²) in [4.78, 5) is 12.2. The summed E-state index contributed by atoms with van der Waals surface area (Å²) in [5.74, 6) is 0.624. The van der Waals surface area contributed by atoms with Crippen molar-refractivity contribution in [2.45, 2.75) is 50.0 Å². The molecule has 0 radical (unpaired) electrons. The maximum atomic E-state index is 12.7. The van der Waals surface area contributed by atoms with Crippen LogP contribution in [0.3, 0.4) is 0 Å². The number of ether oxygens (including phenoxy) is 1. The van der Waals surface area contributed by atoms with Gasteiger partial charge in [-0.1, -0.05) is 60.1 Å². The van der Waals surface area contributed by atoms with E-state index in [0.29, 0.717) is 17.9 Å². The third-order valence-corrected chi connectivity index (χ3v) is 6.88. The number of aromatic nitrogens is 1. The molecule has 0 fully saturated rings. The van der Waals surface area contributed by atoms with E-state index in [1.54, 1.807) is 19.1 Å². The highest BCUT2D eigenvalue weighted by Crippen LogP contribution is 2.34. The molecule has 0 spiro atoms. The first-order valence-electron chi connectivity index (χ1n) is 11.0. The highest BCUT2D eigenvalue weighted by Gasteiger charge is 2.22. The number of benzene rings is 2. The Morgan fingerprint density at radius 2 is 1.79 bits per heavy atom. The van der Waals surface area contributed by atoms with Crippen molar-refractivity contribution in [2.24, 2.45) is 0 Å². The predicted molar refractivity (Wildman–Crippen MR) is 125 cm³/mol. The molecule has 2 aromatic carbocycles. The average Bonchev–Trinajstić information content (AvgIpc) is 3.17. The second kappa shape index (κ2) is 10.0. The molecule has 172 valence electrons. The fourth-order valence-electron chi connectivity index (χ4n) is 3.86. The molecule has 1 unspecified atom stereocenters. The number of aryl methyl sites for hydroxylation is 1. The van der Waals surface area contributed by atoms with Crippen LogP contribution in [0.25, 0.3) is 22.4 Å². The van der Waals surface area contributed by atoms with E-state index in [9.17, 15) is 13.2 Å². The molecule has 4 rings (SSSR count). The van der Waals surface area contributed by atoms with E-state index in [1.807, 2.05) is 47.2 Å². The molecule has 3 aromatic rings. The maximum Gasteiger partial charge on any atom is 0.421 e. The number of hydrogen-bond acceptors (Lipinski definition) is 6. The van der Waals surface area contributed by atoms with Gasteiger partial charge in [0.1, 0.15) is 17.6 Å². The maximum absolute atomic E-state index is 12.7. The fourth-order valence-corrected chi connectivity index (χ4v) is 4.74. The molecule has 1 atom stereocenters. The lowest BCUT2D eigenvalue weighted by molar-refractivity contribution is 0.119. The van der Waals surface area contributed by atoms with Gasteiger partial charge in [-0.25, -0.2) is 17.9 Å². The third kappa shape index (κ3) is 5.51. The normalized spacial score (nSPS) is 17.5. The van der Waals surface area contributed by atoms with Crippen LogP contribution in [0.1, 0.15) is 37.9 Å². The number of nitrogens with one attached hydrogen (secondary N) is 1. The zero-order chi connectivity index (χ0) is 23.3. The van der Waals surface area contributed by atoms with Crippen LogP contribution < -0.4 is 4.72 Å². The molecule has 1 amide bonds. The lowest BCUT2D eigenvalue weighted by atomic mass is 10.00. The number of allylic oxidation sites excluding steroid dienone is 1. The standard InChI is InChI=1S/C25H26N2O5S/c1-18-23(24(26-32-18)20-10-6-5-7-11-20)19-14-16-22(17-15-19)33(29,30)27-25(28)31-21-12-8-3-2-4-9-13-21/h5-8,10-12,14-17,21H,2-4,9,13H2,1H3,(H,27,28)/b12-8+. The minimum atomic E-state index is -4.07. The van der Waals surface area contributed by atoms with E-state index >= 15 is 0 Å². The number of carbonyl (C=O) groups excluding carboxylic acids is 1. The Morgan fingerprint density at radius 1 is 1.03 bits per heavy atom. The smallest absolute Gasteiger partial charge is 0.421 e. The van der Waals surface area contributed by atoms with Gasteiger partial charge in [-0.15, -0.1) is 0 Å². The summed E-state index contributed by atoms with van der Waals surface area (Å²) in [6.07, 6.45) is 7.13. The SMILES string of the molecule is Cc1onc(-c2ccccc2)c1-c1ccc(S(=O)(=O)NC(=O)OC2/C=C/CCCCC2)cc1. The minimum absolute atomic E-state index is 0.0354. The molecule has 7 nitrogen and oxygen atoms in total. The molecule has 8 heteroatoms. The number of rotatable bonds is 5. The van der Waals surface area contributed by atoms with Crippen molar-refractivity contribution in [2.75, 3.05) is 0 Å². The van der Waals surface area contributed by atoms with Crippen molar-refractivity contribution in [1.29, 1.82) is 0 Å². The highest BCUT2D eigenvalue weighted by atomic mass is 32.2. The Kier molecular flexibility index (Phi) is 6.93. The van der Waals surface area contributed by atoms with Crippen LogP contribution in [0, 0.1) is 6.92 Å². The first kappa shape index (κ1) is 22.8. The number of amides is 1. The quantitative estimate of drug-likeness (QED) is 0.490. The molecule has 33 heavy (non-hydrogen) atoms. The van der Waals surface area contributed by atoms with E-state index in [1.165, 1.54) is 12.1 Å². The van der Waals surface area contributed by atoms with Crippen LogP contribution in [-0.2, 0) is 14.8 Å². The van der Waals surface area contributed by atoms with Gasteiger partial charge in [-0.2, -0.15) is 0 Å². The van der Waals surface area contributed by atoms with E-state index in [-0.39, 0.29) is 4.90 Å². The second-order valence-electron chi connectivity index (χ2n) is 7.97. The summed E-state index contributed by atoms with van der Waals surface area (Å²) in [6, 6.07) is 15.8. The summed E-state index contributed by atoms with van der Waals surface area (Å²) < 4.78 is 38.1. The van der Waals surface area contributed by atoms with Crippen molar-refractivity contribution < 1.29 is 22.5 Å². The fraction of sp³-hybridized carbons (Fsp3) is 0.280. The van der Waals surface area contributed by atoms with Crippen molar-refractivity contribution in [3.63, 3.8) is 0 Å². The number of sulfonamides is 1. The molecule has 1 aliphatic rings. The lowest BCUT2D eigenvalue weighted by Crippen LogP contribution is -2.33. The Labute approximate surface area is 193 Å². The first-order chi connectivity index (χ1) is 15.9. The zero-order valence-corrected chi connectivity index (χ0v) is 19.2. The molecule has 1 heterocycles. The van der Waals surface area contributed by atoms with Gasteiger partial charge in [0.05, 0.1) is 10.5 Å². The van der Waals surface area contributed by atoms with Gasteiger partial charge in [0.2, 0.25) is 0 Å². The Bertz CT molecular complexity index is 1230. The molecular formula is C25H26N2O5S. The number of carbonyl (C=O) groups is 1. The van der Waals surface area contributed by atoms with Gasteiger partial charge in [0, 0.05) is 5.56 Å². The van der Waals surface area contributed by atoms with Crippen molar-refractivity contribution in [1.82, 2.24) is 9.88 Å². The average molecular weight is 467 g/mol. The highest BCUT2D eigenvalue weighted by molar-refractivity contribution is 7.90. The number of nitrogens with zero attached hydrogens (tertiary/aromatic N) is 1. The van der Waals surface area contributed by atoms with Crippen LogP contribution in [0.15, 0.2) is 76.2 Å². The number of hydrogen-bond donors (Lipinski definition) is 1. The van der Waals surface area contributed by atoms with Crippen molar-refractivity contribution >= 4 is 16.1 Å². The molecule has 0 aliphatic heterocycles. The first-order valence-corrected chi connectivity index (χ1v) is 12.4. The molecule has 1 aromatic heterocycles. The summed E-state index contributed by atoms with van der Waals surface area (Å²) in [5, 5.41) is 4.17. The summed E-state index contributed by atoms with van der Waals surface area (Å²) in [5.41, 5.74) is 3.12. The monoisotopic (exact) mass is 466 g/mol. The van der Waals surface area contributed by atoms with Gasteiger partial charge in [-0.3, -0.25) is 0 Å².